The second kappa shape index (κ2) is 2.46. The van der Waals surface area contributed by atoms with Crippen LogP contribution in [0.5, 0.6) is 0 Å². The van der Waals surface area contributed by atoms with E-state index in [2.05, 4.69) is 4.40 Å². The predicted molar refractivity (Wildman–Crippen MR) is 49.4 cm³/mol. The number of nitrogens with zero attached hydrogens (tertiary/aromatic N) is 1. The summed E-state index contributed by atoms with van der Waals surface area (Å²) in [5.74, 6) is -0.0411. The minimum atomic E-state index is -3.60. The predicted octanol–water partition coefficient (Wildman–Crippen LogP) is 0.748. The monoisotopic (exact) mass is 216 g/mol. The van der Waals surface area contributed by atoms with Gasteiger partial charge >= 0.3 is 0 Å². The van der Waals surface area contributed by atoms with E-state index in [-0.39, 0.29) is 10.7 Å². The van der Waals surface area contributed by atoms with E-state index in [1.165, 1.54) is 6.07 Å². The van der Waals surface area contributed by atoms with E-state index in [0.29, 0.717) is 10.6 Å². The molecule has 0 atom stereocenters. The van der Waals surface area contributed by atoms with Crippen LogP contribution < -0.4 is 5.73 Å². The van der Waals surface area contributed by atoms with Gasteiger partial charge in [-0.1, -0.05) is 17.7 Å². The Kier molecular flexibility index (Phi) is 1.61. The molecule has 68 valence electrons. The molecule has 1 heterocycles. The first-order valence-electron chi connectivity index (χ1n) is 3.42. The molecule has 0 aliphatic carbocycles. The highest BCUT2D eigenvalue weighted by Crippen LogP contribution is 2.29. The molecule has 13 heavy (non-hydrogen) atoms. The molecule has 6 heteroatoms. The SMILES string of the molecule is NC1=NS(=O)(=O)c2cccc(Cl)c21. The van der Waals surface area contributed by atoms with E-state index in [9.17, 15) is 8.42 Å². The zero-order chi connectivity index (χ0) is 9.64. The molecular formula is C7H5ClN2O2S. The fraction of sp³-hybridized carbons (Fsp3) is 0. The van der Waals surface area contributed by atoms with Gasteiger partial charge in [0.1, 0.15) is 10.7 Å². The normalized spacial score (nSPS) is 18.1. The van der Waals surface area contributed by atoms with Crippen molar-refractivity contribution in [1.29, 1.82) is 0 Å². The molecule has 1 aliphatic rings. The van der Waals surface area contributed by atoms with Gasteiger partial charge in [-0.25, -0.2) is 0 Å². The highest BCUT2D eigenvalue weighted by molar-refractivity contribution is 7.90. The van der Waals surface area contributed by atoms with Crippen LogP contribution in [0.2, 0.25) is 5.02 Å². The number of hydrogen-bond acceptors (Lipinski definition) is 3. The molecule has 2 N–H and O–H groups in total. The van der Waals surface area contributed by atoms with Crippen molar-refractivity contribution in [2.45, 2.75) is 4.90 Å². The van der Waals surface area contributed by atoms with Crippen LogP contribution >= 0.6 is 11.6 Å². The molecule has 1 aromatic rings. The molecule has 0 unspecified atom stereocenters. The van der Waals surface area contributed by atoms with Gasteiger partial charge in [0.2, 0.25) is 0 Å². The fourth-order valence-corrected chi connectivity index (χ4v) is 2.69. The maximum atomic E-state index is 11.3. The van der Waals surface area contributed by atoms with Crippen molar-refractivity contribution >= 4 is 27.5 Å². The molecule has 0 spiro atoms. The third kappa shape index (κ3) is 1.12. The second-order valence-electron chi connectivity index (χ2n) is 2.56. The number of nitrogens with two attached hydrogens (primary N) is 1. The maximum absolute atomic E-state index is 11.3. The summed E-state index contributed by atoms with van der Waals surface area (Å²) in [6.07, 6.45) is 0. The Balaban J connectivity index is 2.90. The van der Waals surface area contributed by atoms with Crippen molar-refractivity contribution in [3.63, 3.8) is 0 Å². The maximum Gasteiger partial charge on any atom is 0.285 e. The summed E-state index contributed by atoms with van der Waals surface area (Å²) in [6.45, 7) is 0. The number of sulfonamides is 1. The molecule has 0 bridgehead atoms. The third-order valence-electron chi connectivity index (χ3n) is 1.73. The molecule has 0 saturated heterocycles. The zero-order valence-corrected chi connectivity index (χ0v) is 7.93. The first kappa shape index (κ1) is 8.52. The topological polar surface area (TPSA) is 72.5 Å². The molecule has 4 nitrogen and oxygen atoms in total. The highest BCUT2D eigenvalue weighted by Gasteiger charge is 2.28. The summed E-state index contributed by atoms with van der Waals surface area (Å²) < 4.78 is 25.9. The lowest BCUT2D eigenvalue weighted by molar-refractivity contribution is 0.599. The van der Waals surface area contributed by atoms with Gasteiger partial charge in [0.15, 0.2) is 0 Å². The van der Waals surface area contributed by atoms with E-state index in [1.54, 1.807) is 12.1 Å². The van der Waals surface area contributed by atoms with E-state index < -0.39 is 10.0 Å². The minimum absolute atomic E-state index is 0.0411. The molecule has 2 rings (SSSR count). The quantitative estimate of drug-likeness (QED) is 0.696. The standard InChI is InChI=1S/C7H5ClN2O2S/c8-4-2-1-3-5-6(4)7(9)10-13(5,11)12/h1-3H,(H2,9,10). The van der Waals surface area contributed by atoms with Gasteiger partial charge < -0.3 is 5.73 Å². The van der Waals surface area contributed by atoms with E-state index in [4.69, 9.17) is 17.3 Å². The minimum Gasteiger partial charge on any atom is -0.382 e. The van der Waals surface area contributed by atoms with Gasteiger partial charge in [-0.05, 0) is 12.1 Å². The lowest BCUT2D eigenvalue weighted by Crippen LogP contribution is -2.10. The molecule has 1 aromatic carbocycles. The number of hydrogen-bond donors (Lipinski definition) is 1. The number of benzene rings is 1. The van der Waals surface area contributed by atoms with E-state index in [1.807, 2.05) is 0 Å². The number of amidine groups is 1. The van der Waals surface area contributed by atoms with Gasteiger partial charge in [-0.3, -0.25) is 0 Å². The fourth-order valence-electron chi connectivity index (χ4n) is 1.19. The molecule has 0 fully saturated rings. The average molecular weight is 217 g/mol. The van der Waals surface area contributed by atoms with Crippen molar-refractivity contribution in [3.8, 4) is 0 Å². The molecular weight excluding hydrogens is 212 g/mol. The van der Waals surface area contributed by atoms with Gasteiger partial charge in [0.25, 0.3) is 10.0 Å². The Morgan fingerprint density at radius 3 is 2.69 bits per heavy atom. The molecule has 0 amide bonds. The van der Waals surface area contributed by atoms with Crippen LogP contribution in [0.1, 0.15) is 5.56 Å². The Labute approximate surface area is 80.1 Å². The average Bonchev–Trinajstić information content (AvgIpc) is 2.24. The number of fused-ring (bicyclic) bond motifs is 1. The van der Waals surface area contributed by atoms with Gasteiger partial charge in [0.05, 0.1) is 10.6 Å². The third-order valence-corrected chi connectivity index (χ3v) is 3.38. The van der Waals surface area contributed by atoms with Gasteiger partial charge in [-0.2, -0.15) is 8.42 Å². The zero-order valence-electron chi connectivity index (χ0n) is 6.36. The molecule has 0 aromatic heterocycles. The van der Waals surface area contributed by atoms with Crippen LogP contribution in [0.15, 0.2) is 27.5 Å². The number of halogens is 1. The van der Waals surface area contributed by atoms with Crippen LogP contribution in [0.25, 0.3) is 0 Å². The molecule has 1 aliphatic heterocycles. The van der Waals surface area contributed by atoms with Crippen molar-refractivity contribution in [2.75, 3.05) is 0 Å². The van der Waals surface area contributed by atoms with Crippen LogP contribution in [0.4, 0.5) is 0 Å². The summed E-state index contributed by atoms with van der Waals surface area (Å²) in [5.41, 5.74) is 5.72. The summed E-state index contributed by atoms with van der Waals surface area (Å²) in [4.78, 5) is 0.0810. The van der Waals surface area contributed by atoms with Crippen molar-refractivity contribution in [2.24, 2.45) is 10.1 Å². The summed E-state index contributed by atoms with van der Waals surface area (Å²) in [7, 11) is -3.60. The van der Waals surface area contributed by atoms with Gasteiger partial charge in [0, 0.05) is 0 Å². The summed E-state index contributed by atoms with van der Waals surface area (Å²) in [5, 5.41) is 0.305. The second-order valence-corrected chi connectivity index (χ2v) is 4.54. The smallest absolute Gasteiger partial charge is 0.285 e. The van der Waals surface area contributed by atoms with Crippen molar-refractivity contribution in [1.82, 2.24) is 0 Å². The molecule has 0 radical (unpaired) electrons. The summed E-state index contributed by atoms with van der Waals surface area (Å²) in [6, 6.07) is 4.55. The lowest BCUT2D eigenvalue weighted by Gasteiger charge is -1.98. The van der Waals surface area contributed by atoms with Crippen molar-refractivity contribution < 1.29 is 8.42 Å². The van der Waals surface area contributed by atoms with Crippen LogP contribution in [-0.4, -0.2) is 14.3 Å². The van der Waals surface area contributed by atoms with Crippen LogP contribution in [-0.2, 0) is 10.0 Å². The Morgan fingerprint density at radius 2 is 2.08 bits per heavy atom. The number of rotatable bonds is 0. The highest BCUT2D eigenvalue weighted by atomic mass is 35.5. The largest absolute Gasteiger partial charge is 0.382 e. The van der Waals surface area contributed by atoms with E-state index in [0.717, 1.165) is 0 Å². The van der Waals surface area contributed by atoms with Gasteiger partial charge in [-0.15, -0.1) is 4.40 Å². The summed E-state index contributed by atoms with van der Waals surface area (Å²) >= 11 is 5.77. The Hall–Kier alpha value is -1.07. The first-order valence-corrected chi connectivity index (χ1v) is 5.23. The van der Waals surface area contributed by atoms with Crippen molar-refractivity contribution in [3.05, 3.63) is 28.8 Å². The van der Waals surface area contributed by atoms with Crippen LogP contribution in [0, 0.1) is 0 Å². The Bertz CT molecular complexity index is 507. The molecule has 0 saturated carbocycles. The van der Waals surface area contributed by atoms with E-state index >= 15 is 0 Å². The Morgan fingerprint density at radius 1 is 1.38 bits per heavy atom. The first-order chi connectivity index (χ1) is 6.02. The van der Waals surface area contributed by atoms with Crippen LogP contribution in [0.3, 0.4) is 0 Å². The lowest BCUT2D eigenvalue weighted by atomic mass is 10.2.